The maximum atomic E-state index is 6.08. The van der Waals surface area contributed by atoms with Gasteiger partial charge in [0, 0.05) is 19.0 Å². The Labute approximate surface area is 117 Å². The SMILES string of the molecule is CNc1nc2c(N)nc3ccccc3c2n1CC(C)C. The highest BCUT2D eigenvalue weighted by molar-refractivity contribution is 6.07. The summed E-state index contributed by atoms with van der Waals surface area (Å²) in [7, 11) is 1.88. The Bertz CT molecular complexity index is 773. The summed E-state index contributed by atoms with van der Waals surface area (Å²) >= 11 is 0. The topological polar surface area (TPSA) is 68.8 Å². The van der Waals surface area contributed by atoms with Gasteiger partial charge in [0.05, 0.1) is 11.0 Å². The Hall–Kier alpha value is -2.30. The number of hydrogen-bond acceptors (Lipinski definition) is 4. The number of nitrogen functional groups attached to an aromatic ring is 1. The zero-order chi connectivity index (χ0) is 14.3. The summed E-state index contributed by atoms with van der Waals surface area (Å²) < 4.78 is 2.19. The number of imidazole rings is 1. The molecule has 0 aliphatic rings. The number of rotatable bonds is 3. The van der Waals surface area contributed by atoms with E-state index in [1.54, 1.807) is 0 Å². The molecule has 0 bridgehead atoms. The van der Waals surface area contributed by atoms with E-state index in [0.717, 1.165) is 34.4 Å². The highest BCUT2D eigenvalue weighted by Crippen LogP contribution is 2.30. The van der Waals surface area contributed by atoms with E-state index >= 15 is 0 Å². The second kappa shape index (κ2) is 4.67. The highest BCUT2D eigenvalue weighted by atomic mass is 15.2. The van der Waals surface area contributed by atoms with Crippen molar-refractivity contribution in [2.45, 2.75) is 20.4 Å². The first kappa shape index (κ1) is 12.7. The number of nitrogens with two attached hydrogens (primary N) is 1. The molecule has 0 saturated heterocycles. The van der Waals surface area contributed by atoms with Gasteiger partial charge in [-0.05, 0) is 12.0 Å². The van der Waals surface area contributed by atoms with Crippen molar-refractivity contribution in [2.24, 2.45) is 5.92 Å². The summed E-state index contributed by atoms with van der Waals surface area (Å²) in [5.74, 6) is 1.84. The molecular weight excluding hydrogens is 250 g/mol. The van der Waals surface area contributed by atoms with E-state index in [1.807, 2.05) is 25.2 Å². The minimum atomic E-state index is 0.484. The summed E-state index contributed by atoms with van der Waals surface area (Å²) in [5.41, 5.74) is 8.82. The number of para-hydroxylation sites is 1. The van der Waals surface area contributed by atoms with Crippen molar-refractivity contribution in [2.75, 3.05) is 18.1 Å². The Morgan fingerprint density at radius 3 is 2.70 bits per heavy atom. The number of anilines is 2. The monoisotopic (exact) mass is 269 g/mol. The molecule has 0 atom stereocenters. The molecule has 5 nitrogen and oxygen atoms in total. The third-order valence-electron chi connectivity index (χ3n) is 3.38. The number of nitrogens with zero attached hydrogens (tertiary/aromatic N) is 3. The van der Waals surface area contributed by atoms with Gasteiger partial charge in [-0.15, -0.1) is 0 Å². The van der Waals surface area contributed by atoms with E-state index in [-0.39, 0.29) is 0 Å². The van der Waals surface area contributed by atoms with Crippen LogP contribution in [-0.2, 0) is 6.54 Å². The van der Waals surface area contributed by atoms with Gasteiger partial charge in [-0.1, -0.05) is 32.0 Å². The molecule has 20 heavy (non-hydrogen) atoms. The summed E-state index contributed by atoms with van der Waals surface area (Å²) in [6.45, 7) is 5.27. The summed E-state index contributed by atoms with van der Waals surface area (Å²) in [5, 5.41) is 4.24. The van der Waals surface area contributed by atoms with Gasteiger partial charge in [0.15, 0.2) is 5.82 Å². The van der Waals surface area contributed by atoms with Crippen LogP contribution in [0.1, 0.15) is 13.8 Å². The van der Waals surface area contributed by atoms with E-state index in [2.05, 4.69) is 39.8 Å². The van der Waals surface area contributed by atoms with E-state index in [0.29, 0.717) is 11.7 Å². The number of hydrogen-bond donors (Lipinski definition) is 2. The molecule has 0 amide bonds. The molecule has 3 rings (SSSR count). The molecule has 0 spiro atoms. The van der Waals surface area contributed by atoms with Crippen LogP contribution in [0.5, 0.6) is 0 Å². The molecule has 0 unspecified atom stereocenters. The van der Waals surface area contributed by atoms with Crippen LogP contribution in [0, 0.1) is 5.92 Å². The number of benzene rings is 1. The zero-order valence-corrected chi connectivity index (χ0v) is 12.0. The van der Waals surface area contributed by atoms with Gasteiger partial charge in [-0.3, -0.25) is 0 Å². The molecule has 0 aliphatic carbocycles. The van der Waals surface area contributed by atoms with Crippen molar-refractivity contribution in [3.05, 3.63) is 24.3 Å². The van der Waals surface area contributed by atoms with Crippen molar-refractivity contribution >= 4 is 33.7 Å². The van der Waals surface area contributed by atoms with E-state index < -0.39 is 0 Å². The van der Waals surface area contributed by atoms with Gasteiger partial charge in [0.2, 0.25) is 5.95 Å². The van der Waals surface area contributed by atoms with E-state index in [1.165, 1.54) is 0 Å². The van der Waals surface area contributed by atoms with E-state index in [9.17, 15) is 0 Å². The summed E-state index contributed by atoms with van der Waals surface area (Å²) in [4.78, 5) is 9.04. The Morgan fingerprint density at radius 2 is 2.00 bits per heavy atom. The fourth-order valence-corrected chi connectivity index (χ4v) is 2.59. The van der Waals surface area contributed by atoms with Gasteiger partial charge in [0.1, 0.15) is 5.52 Å². The molecule has 0 radical (unpaired) electrons. The number of pyridine rings is 1. The number of aromatic nitrogens is 3. The molecule has 3 aromatic rings. The first-order valence-electron chi connectivity index (χ1n) is 6.84. The molecule has 5 heteroatoms. The second-order valence-electron chi connectivity index (χ2n) is 5.40. The van der Waals surface area contributed by atoms with Crippen LogP contribution in [0.2, 0.25) is 0 Å². The predicted octanol–water partition coefficient (Wildman–Crippen LogP) is 2.86. The number of fused-ring (bicyclic) bond motifs is 3. The molecule has 104 valence electrons. The van der Waals surface area contributed by atoms with Crippen LogP contribution in [-0.4, -0.2) is 21.6 Å². The third-order valence-corrected chi connectivity index (χ3v) is 3.38. The van der Waals surface area contributed by atoms with Crippen molar-refractivity contribution in [1.29, 1.82) is 0 Å². The van der Waals surface area contributed by atoms with Crippen LogP contribution in [0.3, 0.4) is 0 Å². The molecule has 3 N–H and O–H groups in total. The molecule has 2 aromatic heterocycles. The van der Waals surface area contributed by atoms with Crippen LogP contribution < -0.4 is 11.1 Å². The first-order chi connectivity index (χ1) is 9.61. The third kappa shape index (κ3) is 1.86. The van der Waals surface area contributed by atoms with Gasteiger partial charge < -0.3 is 15.6 Å². The van der Waals surface area contributed by atoms with Crippen molar-refractivity contribution in [3.63, 3.8) is 0 Å². The van der Waals surface area contributed by atoms with Gasteiger partial charge in [-0.25, -0.2) is 9.97 Å². The maximum absolute atomic E-state index is 6.08. The minimum Gasteiger partial charge on any atom is -0.382 e. The largest absolute Gasteiger partial charge is 0.382 e. The predicted molar refractivity (Wildman–Crippen MR) is 83.8 cm³/mol. The zero-order valence-electron chi connectivity index (χ0n) is 12.0. The van der Waals surface area contributed by atoms with Crippen LogP contribution in [0.4, 0.5) is 11.8 Å². The average Bonchev–Trinajstić information content (AvgIpc) is 2.78. The summed E-state index contributed by atoms with van der Waals surface area (Å²) in [6, 6.07) is 8.05. The fourth-order valence-electron chi connectivity index (χ4n) is 2.59. The lowest BCUT2D eigenvalue weighted by Gasteiger charge is -2.12. The quantitative estimate of drug-likeness (QED) is 0.767. The molecule has 0 aliphatic heterocycles. The molecule has 2 heterocycles. The standard InChI is InChI=1S/C15H19N5/c1-9(2)8-20-13-10-6-4-5-7-11(10)18-14(16)12(13)19-15(20)17-3/h4-7,9H,8H2,1-3H3,(H2,16,18)(H,17,19). The summed E-state index contributed by atoms with van der Waals surface area (Å²) in [6.07, 6.45) is 0. The molecule has 0 saturated carbocycles. The maximum Gasteiger partial charge on any atom is 0.203 e. The average molecular weight is 269 g/mol. The molecule has 0 fully saturated rings. The second-order valence-corrected chi connectivity index (χ2v) is 5.40. The van der Waals surface area contributed by atoms with Crippen molar-refractivity contribution in [3.8, 4) is 0 Å². The highest BCUT2D eigenvalue weighted by Gasteiger charge is 2.16. The Morgan fingerprint density at radius 1 is 1.25 bits per heavy atom. The minimum absolute atomic E-state index is 0.484. The van der Waals surface area contributed by atoms with Gasteiger partial charge in [-0.2, -0.15) is 0 Å². The fraction of sp³-hybridized carbons (Fsp3) is 0.333. The van der Waals surface area contributed by atoms with Crippen molar-refractivity contribution in [1.82, 2.24) is 14.5 Å². The number of nitrogens with one attached hydrogen (secondary N) is 1. The lowest BCUT2D eigenvalue weighted by atomic mass is 10.1. The first-order valence-corrected chi connectivity index (χ1v) is 6.84. The van der Waals surface area contributed by atoms with Gasteiger partial charge in [0.25, 0.3) is 0 Å². The lowest BCUT2D eigenvalue weighted by Crippen LogP contribution is -2.08. The van der Waals surface area contributed by atoms with Crippen LogP contribution in [0.25, 0.3) is 21.9 Å². The molecular formula is C15H19N5. The normalized spacial score (nSPS) is 11.6. The van der Waals surface area contributed by atoms with Gasteiger partial charge >= 0.3 is 0 Å². The van der Waals surface area contributed by atoms with Crippen LogP contribution >= 0.6 is 0 Å². The Kier molecular flexibility index (Phi) is 2.97. The lowest BCUT2D eigenvalue weighted by molar-refractivity contribution is 0.537. The Balaban J connectivity index is 2.44. The van der Waals surface area contributed by atoms with Crippen LogP contribution in [0.15, 0.2) is 24.3 Å². The van der Waals surface area contributed by atoms with Crippen molar-refractivity contribution < 1.29 is 0 Å². The molecule has 1 aromatic carbocycles. The van der Waals surface area contributed by atoms with E-state index in [4.69, 9.17) is 5.73 Å². The smallest absolute Gasteiger partial charge is 0.203 e.